The Hall–Kier alpha value is -1.05. The van der Waals surface area contributed by atoms with Gasteiger partial charge in [0.05, 0.1) is 28.7 Å². The van der Waals surface area contributed by atoms with E-state index in [9.17, 15) is 0 Å². The van der Waals surface area contributed by atoms with Crippen LogP contribution in [-0.4, -0.2) is 33.5 Å². The molecule has 0 unspecified atom stereocenters. The predicted molar refractivity (Wildman–Crippen MR) is 79.2 cm³/mol. The topological polar surface area (TPSA) is 55.7 Å². The lowest BCUT2D eigenvalue weighted by Crippen LogP contribution is -2.06. The van der Waals surface area contributed by atoms with Crippen molar-refractivity contribution in [1.29, 1.82) is 0 Å². The summed E-state index contributed by atoms with van der Waals surface area (Å²) in [4.78, 5) is 5.75. The summed E-state index contributed by atoms with van der Waals surface area (Å²) in [6, 6.07) is 0. The van der Waals surface area contributed by atoms with Gasteiger partial charge in [-0.05, 0) is 25.1 Å². The van der Waals surface area contributed by atoms with Gasteiger partial charge in [0.2, 0.25) is 0 Å². The SMILES string of the molecule is CCc1nc(CC)c(-c2n[nH]c(=S)n2CCOC)s1. The van der Waals surface area contributed by atoms with Crippen molar-refractivity contribution < 1.29 is 4.74 Å². The monoisotopic (exact) mass is 298 g/mol. The summed E-state index contributed by atoms with van der Waals surface area (Å²) >= 11 is 6.97. The molecule has 2 aromatic heterocycles. The van der Waals surface area contributed by atoms with E-state index in [1.54, 1.807) is 18.4 Å². The van der Waals surface area contributed by atoms with Crippen molar-refractivity contribution in [2.75, 3.05) is 13.7 Å². The maximum atomic E-state index is 5.27. The fourth-order valence-corrected chi connectivity index (χ4v) is 3.16. The molecule has 2 rings (SSSR count). The number of aryl methyl sites for hydroxylation is 2. The highest BCUT2D eigenvalue weighted by molar-refractivity contribution is 7.71. The summed E-state index contributed by atoms with van der Waals surface area (Å²) in [5.41, 5.74) is 1.09. The van der Waals surface area contributed by atoms with Gasteiger partial charge in [0.1, 0.15) is 0 Å². The van der Waals surface area contributed by atoms with E-state index in [1.807, 2.05) is 4.57 Å². The number of methoxy groups -OCH3 is 1. The molecule has 0 aliphatic rings. The molecule has 7 heteroatoms. The van der Waals surface area contributed by atoms with Gasteiger partial charge in [-0.2, -0.15) is 5.10 Å². The lowest BCUT2D eigenvalue weighted by molar-refractivity contribution is 0.187. The lowest BCUT2D eigenvalue weighted by Gasteiger charge is -2.05. The average molecular weight is 298 g/mol. The van der Waals surface area contributed by atoms with Crippen LogP contribution < -0.4 is 0 Å². The molecule has 0 radical (unpaired) electrons. The minimum Gasteiger partial charge on any atom is -0.383 e. The number of aromatic amines is 1. The molecule has 0 saturated heterocycles. The second-order valence-corrected chi connectivity index (χ2v) is 5.56. The first-order chi connectivity index (χ1) is 9.21. The van der Waals surface area contributed by atoms with Gasteiger partial charge < -0.3 is 4.74 Å². The van der Waals surface area contributed by atoms with E-state index in [-0.39, 0.29) is 0 Å². The van der Waals surface area contributed by atoms with Crippen molar-refractivity contribution in [2.24, 2.45) is 0 Å². The van der Waals surface area contributed by atoms with E-state index in [2.05, 4.69) is 29.0 Å². The van der Waals surface area contributed by atoms with Crippen molar-refractivity contribution in [3.05, 3.63) is 15.5 Å². The number of hydrogen-bond donors (Lipinski definition) is 1. The molecule has 2 aromatic rings. The van der Waals surface area contributed by atoms with Gasteiger partial charge in [-0.15, -0.1) is 11.3 Å². The number of rotatable bonds is 6. The molecule has 5 nitrogen and oxygen atoms in total. The number of hydrogen-bond acceptors (Lipinski definition) is 5. The second-order valence-electron chi connectivity index (χ2n) is 4.09. The zero-order valence-electron chi connectivity index (χ0n) is 11.4. The molecule has 0 amide bonds. The van der Waals surface area contributed by atoms with Crippen LogP contribution in [0.25, 0.3) is 10.7 Å². The Morgan fingerprint density at radius 1 is 1.37 bits per heavy atom. The van der Waals surface area contributed by atoms with Crippen LogP contribution in [0.3, 0.4) is 0 Å². The van der Waals surface area contributed by atoms with Crippen molar-refractivity contribution >= 4 is 23.6 Å². The highest BCUT2D eigenvalue weighted by Crippen LogP contribution is 2.29. The first-order valence-corrected chi connectivity index (χ1v) is 7.56. The largest absolute Gasteiger partial charge is 0.383 e. The van der Waals surface area contributed by atoms with Crippen LogP contribution in [0, 0.1) is 4.77 Å². The highest BCUT2D eigenvalue weighted by atomic mass is 32.1. The Morgan fingerprint density at radius 2 is 2.16 bits per heavy atom. The number of thiazole rings is 1. The fraction of sp³-hybridized carbons (Fsp3) is 0.583. The highest BCUT2D eigenvalue weighted by Gasteiger charge is 2.17. The van der Waals surface area contributed by atoms with E-state index >= 15 is 0 Å². The maximum absolute atomic E-state index is 5.27. The molecule has 0 aliphatic heterocycles. The lowest BCUT2D eigenvalue weighted by atomic mass is 10.3. The van der Waals surface area contributed by atoms with Gasteiger partial charge >= 0.3 is 0 Å². The Labute approximate surface area is 121 Å². The molecule has 104 valence electrons. The molecule has 0 bridgehead atoms. The first-order valence-electron chi connectivity index (χ1n) is 6.34. The fourth-order valence-electron chi connectivity index (χ4n) is 1.85. The summed E-state index contributed by atoms with van der Waals surface area (Å²) in [6.45, 7) is 5.54. The molecule has 0 fully saturated rings. The minimum atomic E-state index is 0.613. The standard InChI is InChI=1S/C12H18N4OS2/c1-4-8-10(19-9(5-2)13-8)11-14-15-12(18)16(11)6-7-17-3/h4-7H2,1-3H3,(H,15,18). The molecule has 0 atom stereocenters. The van der Waals surface area contributed by atoms with E-state index in [1.165, 1.54) is 0 Å². The third kappa shape index (κ3) is 2.93. The van der Waals surface area contributed by atoms with E-state index < -0.39 is 0 Å². The Kier molecular flexibility index (Phi) is 4.84. The number of ether oxygens (including phenoxy) is 1. The zero-order valence-corrected chi connectivity index (χ0v) is 13.0. The second kappa shape index (κ2) is 6.40. The van der Waals surface area contributed by atoms with Gasteiger partial charge in [-0.1, -0.05) is 13.8 Å². The summed E-state index contributed by atoms with van der Waals surface area (Å²) in [7, 11) is 1.68. The van der Waals surface area contributed by atoms with Crippen LogP contribution in [0.5, 0.6) is 0 Å². The first kappa shape index (κ1) is 14.4. The van der Waals surface area contributed by atoms with Crippen LogP contribution in [-0.2, 0) is 24.1 Å². The van der Waals surface area contributed by atoms with E-state index in [0.717, 1.165) is 34.2 Å². The van der Waals surface area contributed by atoms with Crippen molar-refractivity contribution in [1.82, 2.24) is 19.7 Å². The van der Waals surface area contributed by atoms with Gasteiger partial charge in [0, 0.05) is 7.11 Å². The number of H-pyrrole nitrogens is 1. The average Bonchev–Trinajstić information content (AvgIpc) is 2.99. The van der Waals surface area contributed by atoms with Crippen molar-refractivity contribution in [3.8, 4) is 10.7 Å². The van der Waals surface area contributed by atoms with Crippen LogP contribution in [0.4, 0.5) is 0 Å². The van der Waals surface area contributed by atoms with Crippen LogP contribution in [0.1, 0.15) is 24.5 Å². The van der Waals surface area contributed by atoms with Gasteiger partial charge in [0.25, 0.3) is 0 Å². The molecule has 19 heavy (non-hydrogen) atoms. The van der Waals surface area contributed by atoms with Crippen LogP contribution in [0.15, 0.2) is 0 Å². The Balaban J connectivity index is 2.46. The molecule has 1 N–H and O–H groups in total. The molecule has 2 heterocycles. The zero-order chi connectivity index (χ0) is 13.8. The van der Waals surface area contributed by atoms with Crippen LogP contribution in [0.2, 0.25) is 0 Å². The summed E-state index contributed by atoms with van der Waals surface area (Å²) in [5, 5.41) is 8.36. The Morgan fingerprint density at radius 3 is 2.79 bits per heavy atom. The summed E-state index contributed by atoms with van der Waals surface area (Å²) in [6.07, 6.45) is 1.84. The molecule has 0 aromatic carbocycles. The molecule has 0 aliphatic carbocycles. The summed E-state index contributed by atoms with van der Waals surface area (Å²) < 4.78 is 7.73. The quantitative estimate of drug-likeness (QED) is 0.833. The van der Waals surface area contributed by atoms with Crippen molar-refractivity contribution in [2.45, 2.75) is 33.2 Å². The van der Waals surface area contributed by atoms with Gasteiger partial charge in [0.15, 0.2) is 10.6 Å². The smallest absolute Gasteiger partial charge is 0.195 e. The van der Waals surface area contributed by atoms with E-state index in [0.29, 0.717) is 17.9 Å². The maximum Gasteiger partial charge on any atom is 0.195 e. The van der Waals surface area contributed by atoms with E-state index in [4.69, 9.17) is 17.0 Å². The van der Waals surface area contributed by atoms with Gasteiger partial charge in [-0.25, -0.2) is 4.98 Å². The Bertz CT molecular complexity index is 599. The predicted octanol–water partition coefficient (Wildman–Crippen LogP) is 2.84. The minimum absolute atomic E-state index is 0.613. The van der Waals surface area contributed by atoms with Gasteiger partial charge in [-0.3, -0.25) is 9.67 Å². The molecule has 0 spiro atoms. The number of nitrogens with one attached hydrogen (secondary N) is 1. The molecule has 0 saturated carbocycles. The van der Waals surface area contributed by atoms with Crippen LogP contribution >= 0.6 is 23.6 Å². The number of aromatic nitrogens is 4. The molecular weight excluding hydrogens is 280 g/mol. The third-order valence-corrected chi connectivity index (χ3v) is 4.41. The normalized spacial score (nSPS) is 11.1. The summed E-state index contributed by atoms with van der Waals surface area (Å²) in [5.74, 6) is 0.871. The molecular formula is C12H18N4OS2. The van der Waals surface area contributed by atoms with Crippen molar-refractivity contribution in [3.63, 3.8) is 0 Å². The third-order valence-electron chi connectivity index (χ3n) is 2.86. The number of nitrogens with zero attached hydrogens (tertiary/aromatic N) is 3.